The van der Waals surface area contributed by atoms with E-state index < -0.39 is 6.10 Å². The second-order valence-corrected chi connectivity index (χ2v) is 21.6. The van der Waals surface area contributed by atoms with Gasteiger partial charge in [0.25, 0.3) is 0 Å². The van der Waals surface area contributed by atoms with Crippen molar-refractivity contribution < 1.29 is 28.6 Å². The molecule has 0 amide bonds. The van der Waals surface area contributed by atoms with Gasteiger partial charge in [-0.25, -0.2) is 0 Å². The molecule has 1 unspecified atom stereocenters. The Bertz CT molecular complexity index is 1450. The van der Waals surface area contributed by atoms with Crippen molar-refractivity contribution in [3.05, 3.63) is 85.1 Å². The van der Waals surface area contributed by atoms with Gasteiger partial charge >= 0.3 is 17.9 Å². The molecule has 6 heteroatoms. The molecular formula is C70H122O6. The maximum Gasteiger partial charge on any atom is 0.306 e. The third kappa shape index (κ3) is 61.4. The zero-order chi connectivity index (χ0) is 55.0. The Morgan fingerprint density at radius 3 is 0.842 bits per heavy atom. The Hall–Kier alpha value is -3.41. The molecule has 0 aromatic rings. The number of hydrogen-bond acceptors (Lipinski definition) is 6. The van der Waals surface area contributed by atoms with Gasteiger partial charge in [0.05, 0.1) is 0 Å². The molecule has 0 saturated heterocycles. The summed E-state index contributed by atoms with van der Waals surface area (Å²) in [4.78, 5) is 38.4. The number of rotatable bonds is 59. The topological polar surface area (TPSA) is 78.9 Å². The number of ether oxygens (including phenoxy) is 3. The molecule has 0 aliphatic carbocycles. The van der Waals surface area contributed by atoms with E-state index >= 15 is 0 Å². The first-order chi connectivity index (χ1) is 37.5. The lowest BCUT2D eigenvalue weighted by Crippen LogP contribution is -2.30. The zero-order valence-electron chi connectivity index (χ0n) is 50.3. The monoisotopic (exact) mass is 1060 g/mol. The average molecular weight is 1060 g/mol. The number of esters is 3. The van der Waals surface area contributed by atoms with Crippen molar-refractivity contribution in [1.29, 1.82) is 0 Å². The highest BCUT2D eigenvalue weighted by Gasteiger charge is 2.19. The van der Waals surface area contributed by atoms with Gasteiger partial charge in [0.1, 0.15) is 13.2 Å². The van der Waals surface area contributed by atoms with Crippen LogP contribution in [0.4, 0.5) is 0 Å². The van der Waals surface area contributed by atoms with Gasteiger partial charge in [0.2, 0.25) is 0 Å². The van der Waals surface area contributed by atoms with E-state index in [9.17, 15) is 14.4 Å². The summed E-state index contributed by atoms with van der Waals surface area (Å²) in [5.74, 6) is -0.884. The summed E-state index contributed by atoms with van der Waals surface area (Å²) in [6.07, 6.45) is 84.4. The first kappa shape index (κ1) is 72.6. The molecule has 76 heavy (non-hydrogen) atoms. The zero-order valence-corrected chi connectivity index (χ0v) is 50.3. The van der Waals surface area contributed by atoms with Gasteiger partial charge in [0, 0.05) is 19.3 Å². The normalized spacial score (nSPS) is 12.6. The van der Waals surface area contributed by atoms with Gasteiger partial charge in [-0.05, 0) is 116 Å². The fourth-order valence-corrected chi connectivity index (χ4v) is 9.23. The molecule has 0 aromatic carbocycles. The van der Waals surface area contributed by atoms with Crippen LogP contribution in [0.1, 0.15) is 323 Å². The molecule has 0 aliphatic rings. The minimum atomic E-state index is -0.786. The lowest BCUT2D eigenvalue weighted by atomic mass is 10.1. The summed E-state index contributed by atoms with van der Waals surface area (Å²) in [6, 6.07) is 0. The number of carbonyl (C=O) groups is 3. The van der Waals surface area contributed by atoms with Crippen LogP contribution >= 0.6 is 0 Å². The van der Waals surface area contributed by atoms with Crippen molar-refractivity contribution >= 4 is 17.9 Å². The fourth-order valence-electron chi connectivity index (χ4n) is 9.23. The van der Waals surface area contributed by atoms with Crippen LogP contribution < -0.4 is 0 Å². The van der Waals surface area contributed by atoms with Crippen LogP contribution in [0.5, 0.6) is 0 Å². The van der Waals surface area contributed by atoms with E-state index in [1.54, 1.807) is 0 Å². The molecule has 0 aliphatic heterocycles. The lowest BCUT2D eigenvalue weighted by Gasteiger charge is -2.18. The first-order valence-corrected chi connectivity index (χ1v) is 32.6. The van der Waals surface area contributed by atoms with Crippen LogP contribution in [0.3, 0.4) is 0 Å². The van der Waals surface area contributed by atoms with Gasteiger partial charge in [-0.2, -0.15) is 0 Å². The predicted molar refractivity (Wildman–Crippen MR) is 330 cm³/mol. The summed E-state index contributed by atoms with van der Waals surface area (Å²) in [5, 5.41) is 0. The maximum atomic E-state index is 12.9. The molecule has 0 radical (unpaired) electrons. The highest BCUT2D eigenvalue weighted by molar-refractivity contribution is 5.71. The summed E-state index contributed by atoms with van der Waals surface area (Å²) < 4.78 is 17.0. The molecule has 0 aromatic heterocycles. The first-order valence-electron chi connectivity index (χ1n) is 32.6. The van der Waals surface area contributed by atoms with Crippen molar-refractivity contribution in [1.82, 2.24) is 0 Å². The van der Waals surface area contributed by atoms with Gasteiger partial charge in [0.15, 0.2) is 6.10 Å². The number of carbonyl (C=O) groups excluding carboxylic acids is 3. The molecule has 0 bridgehead atoms. The van der Waals surface area contributed by atoms with Crippen LogP contribution in [-0.2, 0) is 28.6 Å². The third-order valence-corrected chi connectivity index (χ3v) is 14.1. The van der Waals surface area contributed by atoms with E-state index in [0.29, 0.717) is 19.3 Å². The highest BCUT2D eigenvalue weighted by atomic mass is 16.6. The van der Waals surface area contributed by atoms with Crippen molar-refractivity contribution in [2.75, 3.05) is 13.2 Å². The summed E-state index contributed by atoms with van der Waals surface area (Å²) in [7, 11) is 0. The second kappa shape index (κ2) is 64.1. The number of allylic oxidation sites excluding steroid dienone is 14. The molecule has 1 atom stereocenters. The van der Waals surface area contributed by atoms with E-state index in [0.717, 1.165) is 96.3 Å². The van der Waals surface area contributed by atoms with Crippen LogP contribution in [-0.4, -0.2) is 37.2 Å². The van der Waals surface area contributed by atoms with E-state index in [1.807, 2.05) is 0 Å². The van der Waals surface area contributed by atoms with Gasteiger partial charge < -0.3 is 14.2 Å². The standard InChI is InChI=1S/C70H122O6/c1-4-7-10-13-16-19-22-25-28-31-34-35-37-39-42-45-48-51-54-57-60-63-69(72)75-66-67(65-74-68(71)62-59-56-53-50-47-44-41-38-33-30-27-24-21-18-15-12-9-6-3)76-70(73)64-61-58-55-52-49-46-43-40-36-32-29-26-23-20-17-14-11-8-5-2/h7,10,16-17,19-20,25-26,28-30,33-35,67H,4-6,8-9,11-15,18,21-24,27,31-32,36-66H2,1-3H3/b10-7-,19-16-,20-17-,28-25-,29-26-,33-30-,35-34-. The molecular weight excluding hydrogens is 937 g/mol. The number of unbranched alkanes of at least 4 members (excludes halogenated alkanes) is 34. The summed E-state index contributed by atoms with van der Waals surface area (Å²) in [5.41, 5.74) is 0. The summed E-state index contributed by atoms with van der Waals surface area (Å²) in [6.45, 7) is 6.52. The van der Waals surface area contributed by atoms with Crippen molar-refractivity contribution in [3.8, 4) is 0 Å². The highest BCUT2D eigenvalue weighted by Crippen LogP contribution is 2.16. The van der Waals surface area contributed by atoms with E-state index in [1.165, 1.54) is 186 Å². The molecule has 0 fully saturated rings. The van der Waals surface area contributed by atoms with Crippen LogP contribution in [0.2, 0.25) is 0 Å². The lowest BCUT2D eigenvalue weighted by molar-refractivity contribution is -0.167. The minimum Gasteiger partial charge on any atom is -0.462 e. The van der Waals surface area contributed by atoms with E-state index in [2.05, 4.69) is 106 Å². The third-order valence-electron chi connectivity index (χ3n) is 14.1. The van der Waals surface area contributed by atoms with Gasteiger partial charge in [-0.3, -0.25) is 14.4 Å². The maximum absolute atomic E-state index is 12.9. The average Bonchev–Trinajstić information content (AvgIpc) is 3.42. The number of hydrogen-bond donors (Lipinski definition) is 0. The molecule has 0 rings (SSSR count). The Morgan fingerprint density at radius 2 is 0.513 bits per heavy atom. The van der Waals surface area contributed by atoms with E-state index in [-0.39, 0.29) is 31.1 Å². The Balaban J connectivity index is 4.40. The molecule has 438 valence electrons. The SMILES string of the molecule is CC/C=C\C/C=C\C/C=C\C/C=C\CCCCCCCCCCC(=O)OCC(COC(=O)CCCCCCCCC/C=C\CCCCCCCCC)OC(=O)CCCCCCCCCCC/C=C\C/C=C\CCCCC. The van der Waals surface area contributed by atoms with Gasteiger partial charge in [-0.1, -0.05) is 273 Å². The predicted octanol–water partition coefficient (Wildman–Crippen LogP) is 22.3. The molecule has 6 nitrogen and oxygen atoms in total. The summed E-state index contributed by atoms with van der Waals surface area (Å²) >= 11 is 0. The Kier molecular flexibility index (Phi) is 61.2. The largest absolute Gasteiger partial charge is 0.462 e. The van der Waals surface area contributed by atoms with E-state index in [4.69, 9.17) is 14.2 Å². The van der Waals surface area contributed by atoms with Crippen LogP contribution in [0, 0.1) is 0 Å². The second-order valence-electron chi connectivity index (χ2n) is 21.6. The van der Waals surface area contributed by atoms with Gasteiger partial charge in [-0.15, -0.1) is 0 Å². The van der Waals surface area contributed by atoms with Crippen LogP contribution in [0.15, 0.2) is 85.1 Å². The van der Waals surface area contributed by atoms with Crippen molar-refractivity contribution in [2.24, 2.45) is 0 Å². The molecule has 0 spiro atoms. The Labute approximate surface area is 471 Å². The minimum absolute atomic E-state index is 0.0817. The molecule has 0 heterocycles. The molecule has 0 saturated carbocycles. The quantitative estimate of drug-likeness (QED) is 0.0261. The van der Waals surface area contributed by atoms with Crippen LogP contribution in [0.25, 0.3) is 0 Å². The Morgan fingerprint density at radius 1 is 0.276 bits per heavy atom. The van der Waals surface area contributed by atoms with Crippen molar-refractivity contribution in [2.45, 2.75) is 329 Å². The molecule has 0 N–H and O–H groups in total. The smallest absolute Gasteiger partial charge is 0.306 e. The fraction of sp³-hybridized carbons (Fsp3) is 0.757. The van der Waals surface area contributed by atoms with Crippen molar-refractivity contribution in [3.63, 3.8) is 0 Å².